The van der Waals surface area contributed by atoms with Gasteiger partial charge in [-0.25, -0.2) is 0 Å². The largest absolute Gasteiger partial charge is 0.389 e. The number of carbonyl (C=O) groups excluding carboxylic acids is 1. The van der Waals surface area contributed by atoms with Gasteiger partial charge in [0.15, 0.2) is 0 Å². The van der Waals surface area contributed by atoms with Gasteiger partial charge in [-0.1, -0.05) is 25.7 Å². The van der Waals surface area contributed by atoms with Crippen LogP contribution in [0.1, 0.15) is 57.8 Å². The molecular weight excluding hydrogens is 243 g/mol. The molecule has 0 unspecified atom stereocenters. The Morgan fingerprint density at radius 3 is 2.11 bits per heavy atom. The van der Waals surface area contributed by atoms with E-state index in [2.05, 4.69) is 0 Å². The van der Waals surface area contributed by atoms with E-state index in [1.54, 1.807) is 0 Å². The minimum absolute atomic E-state index is 0.0106. The molecule has 1 rings (SSSR count). The van der Waals surface area contributed by atoms with Crippen LogP contribution in [0.2, 0.25) is 0 Å². The molecule has 5 heteroatoms. The van der Waals surface area contributed by atoms with E-state index < -0.39 is 18.0 Å². The topological polar surface area (TPSA) is 43.1 Å². The van der Waals surface area contributed by atoms with Gasteiger partial charge in [-0.15, -0.1) is 0 Å². The number of nitrogens with two attached hydrogens (primary N) is 1. The van der Waals surface area contributed by atoms with Crippen LogP contribution in [0.4, 0.5) is 13.2 Å². The van der Waals surface area contributed by atoms with E-state index in [4.69, 9.17) is 5.73 Å². The molecule has 0 aromatic rings. The summed E-state index contributed by atoms with van der Waals surface area (Å²) in [5.74, 6) is -0.0591. The van der Waals surface area contributed by atoms with E-state index in [1.165, 1.54) is 0 Å². The smallest absolute Gasteiger partial charge is 0.329 e. The molecule has 0 saturated heterocycles. The van der Waals surface area contributed by atoms with Gasteiger partial charge in [-0.2, -0.15) is 13.2 Å². The zero-order valence-corrected chi connectivity index (χ0v) is 10.7. The fourth-order valence-electron chi connectivity index (χ4n) is 2.72. The van der Waals surface area contributed by atoms with Crippen LogP contribution in [0.5, 0.6) is 0 Å². The number of hydrogen-bond acceptors (Lipinski definition) is 2. The average molecular weight is 265 g/mol. The van der Waals surface area contributed by atoms with Crippen molar-refractivity contribution in [2.24, 2.45) is 11.1 Å². The maximum atomic E-state index is 12.1. The predicted octanol–water partition coefficient (Wildman–Crippen LogP) is 3.59. The summed E-state index contributed by atoms with van der Waals surface area (Å²) in [4.78, 5) is 12.1. The monoisotopic (exact) mass is 265 g/mol. The molecule has 0 spiro atoms. The molecule has 1 aliphatic rings. The molecule has 2 N–H and O–H groups in total. The number of ketones is 1. The Balaban J connectivity index is 2.50. The third-order valence-corrected chi connectivity index (χ3v) is 3.91. The number of halogens is 3. The number of rotatable bonds is 5. The first-order chi connectivity index (χ1) is 8.40. The van der Waals surface area contributed by atoms with Gasteiger partial charge < -0.3 is 5.73 Å². The second-order valence-electron chi connectivity index (χ2n) is 5.29. The second kappa shape index (κ2) is 6.55. The van der Waals surface area contributed by atoms with Crippen molar-refractivity contribution in [3.8, 4) is 0 Å². The lowest BCUT2D eigenvalue weighted by atomic mass is 9.75. The van der Waals surface area contributed by atoms with Gasteiger partial charge in [-0.05, 0) is 19.3 Å². The van der Waals surface area contributed by atoms with E-state index >= 15 is 0 Å². The Hall–Kier alpha value is -0.580. The van der Waals surface area contributed by atoms with Gasteiger partial charge in [0, 0.05) is 24.8 Å². The summed E-state index contributed by atoms with van der Waals surface area (Å²) >= 11 is 0. The molecule has 1 aliphatic carbocycles. The first-order valence-electron chi connectivity index (χ1n) is 6.70. The minimum Gasteiger partial charge on any atom is -0.329 e. The Morgan fingerprint density at radius 1 is 1.11 bits per heavy atom. The number of Topliss-reactive ketones (excluding diaryl/α,β-unsaturated/α-hetero) is 1. The lowest BCUT2D eigenvalue weighted by Crippen LogP contribution is -2.38. The van der Waals surface area contributed by atoms with E-state index in [9.17, 15) is 18.0 Å². The maximum absolute atomic E-state index is 12.1. The molecule has 0 radical (unpaired) electrons. The first-order valence-corrected chi connectivity index (χ1v) is 6.70. The summed E-state index contributed by atoms with van der Waals surface area (Å²) in [6.45, 7) is 0.276. The normalized spacial score (nSPS) is 20.4. The van der Waals surface area contributed by atoms with Crippen molar-refractivity contribution in [2.75, 3.05) is 6.54 Å². The molecule has 0 aromatic heterocycles. The fourth-order valence-corrected chi connectivity index (χ4v) is 2.72. The van der Waals surface area contributed by atoms with Gasteiger partial charge in [0.05, 0.1) is 0 Å². The number of hydrogen-bond donors (Lipinski definition) is 1. The molecule has 1 saturated carbocycles. The lowest BCUT2D eigenvalue weighted by molar-refractivity contribution is -0.139. The fraction of sp³-hybridized carbons (Fsp3) is 0.923. The maximum Gasteiger partial charge on any atom is 0.389 e. The Labute approximate surface area is 106 Å². The number of alkyl halides is 3. The molecule has 0 bridgehead atoms. The minimum atomic E-state index is -4.17. The molecule has 106 valence electrons. The van der Waals surface area contributed by atoms with Gasteiger partial charge in [0.1, 0.15) is 5.78 Å². The SMILES string of the molecule is NCC1(C(=O)CCCC(F)(F)F)CCCCCC1. The van der Waals surface area contributed by atoms with Crippen LogP contribution in [-0.4, -0.2) is 18.5 Å². The van der Waals surface area contributed by atoms with E-state index in [0.29, 0.717) is 0 Å². The highest BCUT2D eigenvalue weighted by Crippen LogP contribution is 2.36. The van der Waals surface area contributed by atoms with Crippen molar-refractivity contribution in [1.29, 1.82) is 0 Å². The van der Waals surface area contributed by atoms with Gasteiger partial charge in [0.25, 0.3) is 0 Å². The Kier molecular flexibility index (Phi) is 5.63. The Morgan fingerprint density at radius 2 is 1.67 bits per heavy atom. The highest BCUT2D eigenvalue weighted by molar-refractivity contribution is 5.85. The molecule has 1 fully saturated rings. The highest BCUT2D eigenvalue weighted by atomic mass is 19.4. The highest BCUT2D eigenvalue weighted by Gasteiger charge is 2.37. The molecule has 18 heavy (non-hydrogen) atoms. The molecular formula is C13H22F3NO. The third-order valence-electron chi connectivity index (χ3n) is 3.91. The zero-order chi connectivity index (χ0) is 13.6. The van der Waals surface area contributed by atoms with Crippen molar-refractivity contribution < 1.29 is 18.0 Å². The standard InChI is InChI=1S/C13H22F3NO/c14-13(15,16)9-5-6-11(18)12(10-17)7-3-1-2-4-8-12/h1-10,17H2. The summed E-state index contributed by atoms with van der Waals surface area (Å²) in [6, 6.07) is 0. The van der Waals surface area contributed by atoms with Crippen molar-refractivity contribution in [2.45, 2.75) is 64.0 Å². The first kappa shape index (κ1) is 15.5. The molecule has 0 amide bonds. The van der Waals surface area contributed by atoms with E-state index in [-0.39, 0.29) is 25.2 Å². The Bertz CT molecular complexity index is 268. The van der Waals surface area contributed by atoms with E-state index in [0.717, 1.165) is 38.5 Å². The van der Waals surface area contributed by atoms with E-state index in [1.807, 2.05) is 0 Å². The predicted molar refractivity (Wildman–Crippen MR) is 64.1 cm³/mol. The second-order valence-corrected chi connectivity index (χ2v) is 5.29. The molecule has 0 heterocycles. The van der Waals surface area contributed by atoms with Crippen molar-refractivity contribution in [3.05, 3.63) is 0 Å². The van der Waals surface area contributed by atoms with Gasteiger partial charge >= 0.3 is 6.18 Å². The summed E-state index contributed by atoms with van der Waals surface area (Å²) in [5.41, 5.74) is 5.18. The molecule has 0 aromatic carbocycles. The van der Waals surface area contributed by atoms with Crippen molar-refractivity contribution in [3.63, 3.8) is 0 Å². The summed E-state index contributed by atoms with van der Waals surface area (Å²) in [7, 11) is 0. The molecule has 2 nitrogen and oxygen atoms in total. The summed E-state index contributed by atoms with van der Waals surface area (Å²) in [6.07, 6.45) is 0.460. The summed E-state index contributed by atoms with van der Waals surface area (Å²) < 4.78 is 36.2. The van der Waals surface area contributed by atoms with Crippen LogP contribution in [-0.2, 0) is 4.79 Å². The lowest BCUT2D eigenvalue weighted by Gasteiger charge is -2.29. The van der Waals surface area contributed by atoms with Crippen LogP contribution in [0.25, 0.3) is 0 Å². The third kappa shape index (κ3) is 4.59. The molecule has 0 aliphatic heterocycles. The van der Waals surface area contributed by atoms with Gasteiger partial charge in [-0.3, -0.25) is 4.79 Å². The van der Waals surface area contributed by atoms with Crippen molar-refractivity contribution in [1.82, 2.24) is 0 Å². The van der Waals surface area contributed by atoms with Crippen molar-refractivity contribution >= 4 is 5.78 Å². The van der Waals surface area contributed by atoms with Gasteiger partial charge in [0.2, 0.25) is 0 Å². The molecule has 0 atom stereocenters. The van der Waals surface area contributed by atoms with Crippen LogP contribution in [0.15, 0.2) is 0 Å². The summed E-state index contributed by atoms with van der Waals surface area (Å²) in [5, 5.41) is 0. The quantitative estimate of drug-likeness (QED) is 0.772. The number of carbonyl (C=O) groups is 1. The van der Waals surface area contributed by atoms with Crippen LogP contribution < -0.4 is 5.73 Å². The van der Waals surface area contributed by atoms with Crippen LogP contribution in [0.3, 0.4) is 0 Å². The van der Waals surface area contributed by atoms with Crippen LogP contribution in [0, 0.1) is 5.41 Å². The zero-order valence-electron chi connectivity index (χ0n) is 10.7. The van der Waals surface area contributed by atoms with Crippen LogP contribution >= 0.6 is 0 Å². The average Bonchev–Trinajstić information content (AvgIpc) is 2.53.